The van der Waals surface area contributed by atoms with Crippen LogP contribution in [0.1, 0.15) is 13.8 Å². The van der Waals surface area contributed by atoms with Crippen LogP contribution in [0.3, 0.4) is 0 Å². The van der Waals surface area contributed by atoms with E-state index in [1.54, 1.807) is 0 Å². The predicted octanol–water partition coefficient (Wildman–Crippen LogP) is 2.85. The lowest BCUT2D eigenvalue weighted by molar-refractivity contribution is 0.553. The third-order valence-electron chi connectivity index (χ3n) is 1.36. The van der Waals surface area contributed by atoms with Gasteiger partial charge in [0.2, 0.25) is 0 Å². The maximum Gasteiger partial charge on any atom is 0.170 e. The molecule has 0 amide bonds. The summed E-state index contributed by atoms with van der Waals surface area (Å²) in [6.07, 6.45) is 0. The van der Waals surface area contributed by atoms with Crippen molar-refractivity contribution in [1.82, 2.24) is 0 Å². The van der Waals surface area contributed by atoms with Gasteiger partial charge in [-0.3, -0.25) is 0 Å². The Morgan fingerprint density at radius 3 is 2.00 bits per heavy atom. The Morgan fingerprint density at radius 1 is 1.27 bits per heavy atom. The average molecular weight is 190 g/mol. The van der Waals surface area contributed by atoms with E-state index >= 15 is 0 Å². The molecule has 0 heterocycles. The summed E-state index contributed by atoms with van der Waals surface area (Å²) >= 11 is 0. The van der Waals surface area contributed by atoms with E-state index in [4.69, 9.17) is 4.12 Å². The fraction of sp³-hybridized carbons (Fsp3) is 1.00. The molecule has 0 bridgehead atoms. The van der Waals surface area contributed by atoms with Crippen LogP contribution in [0.2, 0.25) is 32.2 Å². The summed E-state index contributed by atoms with van der Waals surface area (Å²) in [6, 6.07) is 1.32. The second-order valence-electron chi connectivity index (χ2n) is 4.67. The van der Waals surface area contributed by atoms with Crippen LogP contribution in [0, 0.1) is 5.92 Å². The summed E-state index contributed by atoms with van der Waals surface area (Å²) < 4.78 is 6.03. The molecule has 68 valence electrons. The molecule has 0 aromatic rings. The van der Waals surface area contributed by atoms with E-state index < -0.39 is 17.4 Å². The van der Waals surface area contributed by atoms with E-state index in [2.05, 4.69) is 40.0 Å². The normalized spacial score (nSPS) is 15.5. The molecule has 1 nitrogen and oxygen atoms in total. The first kappa shape index (κ1) is 11.4. The number of hydrogen-bond donors (Lipinski definition) is 0. The summed E-state index contributed by atoms with van der Waals surface area (Å²) in [4.78, 5) is 0. The van der Waals surface area contributed by atoms with Gasteiger partial charge in [-0.15, -0.1) is 0 Å². The molecule has 1 atom stereocenters. The Labute approximate surface area is 74.0 Å². The van der Waals surface area contributed by atoms with Gasteiger partial charge in [-0.05, 0) is 38.2 Å². The van der Waals surface area contributed by atoms with Gasteiger partial charge in [-0.1, -0.05) is 13.8 Å². The van der Waals surface area contributed by atoms with Gasteiger partial charge >= 0.3 is 0 Å². The summed E-state index contributed by atoms with van der Waals surface area (Å²) in [6.45, 7) is 13.7. The molecule has 11 heavy (non-hydrogen) atoms. The highest BCUT2D eigenvalue weighted by atomic mass is 28.4. The van der Waals surface area contributed by atoms with E-state index in [1.807, 2.05) is 0 Å². The molecule has 1 unspecified atom stereocenters. The van der Waals surface area contributed by atoms with Crippen LogP contribution in [0.25, 0.3) is 0 Å². The standard InChI is InChI=1S/C8H22OSi2/c1-8(2)7-10(3)9-11(4,5)6/h8,10H,7H2,1-6H3. The van der Waals surface area contributed by atoms with E-state index in [0.717, 1.165) is 5.92 Å². The zero-order valence-electron chi connectivity index (χ0n) is 8.77. The van der Waals surface area contributed by atoms with Crippen molar-refractivity contribution < 1.29 is 4.12 Å². The van der Waals surface area contributed by atoms with Crippen molar-refractivity contribution in [3.8, 4) is 0 Å². The van der Waals surface area contributed by atoms with Crippen molar-refractivity contribution in [3.63, 3.8) is 0 Å². The molecular formula is C8H22OSi2. The molecule has 0 aromatic heterocycles. The molecule has 0 aliphatic rings. The molecule has 0 radical (unpaired) electrons. The maximum absolute atomic E-state index is 6.03. The molecule has 0 N–H and O–H groups in total. The smallest absolute Gasteiger partial charge is 0.170 e. The number of hydrogen-bond acceptors (Lipinski definition) is 1. The molecule has 0 saturated heterocycles. The molecule has 0 saturated carbocycles. The van der Waals surface area contributed by atoms with Crippen molar-refractivity contribution in [2.24, 2.45) is 5.92 Å². The van der Waals surface area contributed by atoms with E-state index in [-0.39, 0.29) is 0 Å². The van der Waals surface area contributed by atoms with Crippen LogP contribution in [0.15, 0.2) is 0 Å². The quantitative estimate of drug-likeness (QED) is 0.620. The maximum atomic E-state index is 6.03. The van der Waals surface area contributed by atoms with Gasteiger partial charge < -0.3 is 4.12 Å². The topological polar surface area (TPSA) is 9.23 Å². The fourth-order valence-electron chi connectivity index (χ4n) is 1.32. The predicted molar refractivity (Wildman–Crippen MR) is 57.1 cm³/mol. The van der Waals surface area contributed by atoms with Gasteiger partial charge in [-0.25, -0.2) is 0 Å². The summed E-state index contributed by atoms with van der Waals surface area (Å²) in [5.41, 5.74) is 0. The third kappa shape index (κ3) is 8.30. The monoisotopic (exact) mass is 190 g/mol. The second kappa shape index (κ2) is 4.43. The van der Waals surface area contributed by atoms with Gasteiger partial charge in [0.1, 0.15) is 0 Å². The zero-order valence-corrected chi connectivity index (χ0v) is 10.9. The average Bonchev–Trinajstić information content (AvgIpc) is 1.53. The van der Waals surface area contributed by atoms with Crippen LogP contribution in [0.4, 0.5) is 0 Å². The van der Waals surface area contributed by atoms with Crippen molar-refractivity contribution >= 4 is 17.4 Å². The second-order valence-corrected chi connectivity index (χ2v) is 11.9. The van der Waals surface area contributed by atoms with Crippen LogP contribution in [-0.4, -0.2) is 17.4 Å². The Morgan fingerprint density at radius 2 is 1.73 bits per heavy atom. The van der Waals surface area contributed by atoms with Gasteiger partial charge in [-0.2, -0.15) is 0 Å². The van der Waals surface area contributed by atoms with Crippen LogP contribution >= 0.6 is 0 Å². The third-order valence-corrected chi connectivity index (χ3v) is 7.40. The Balaban J connectivity index is 3.61. The first-order valence-electron chi connectivity index (χ1n) is 4.49. The van der Waals surface area contributed by atoms with E-state index in [9.17, 15) is 0 Å². The fourth-order valence-corrected chi connectivity index (χ4v) is 7.86. The Bertz CT molecular complexity index is 107. The van der Waals surface area contributed by atoms with E-state index in [0.29, 0.717) is 0 Å². The van der Waals surface area contributed by atoms with Crippen LogP contribution in [0.5, 0.6) is 0 Å². The lowest BCUT2D eigenvalue weighted by Crippen LogP contribution is -2.33. The lowest BCUT2D eigenvalue weighted by Gasteiger charge is -2.23. The highest BCUT2D eigenvalue weighted by Crippen LogP contribution is 2.11. The minimum atomic E-state index is -1.23. The summed E-state index contributed by atoms with van der Waals surface area (Å²) in [5, 5.41) is 0. The van der Waals surface area contributed by atoms with Gasteiger partial charge in [0.15, 0.2) is 17.4 Å². The molecule has 0 fully saturated rings. The van der Waals surface area contributed by atoms with Crippen molar-refractivity contribution in [2.75, 3.05) is 0 Å². The van der Waals surface area contributed by atoms with Gasteiger partial charge in [0.05, 0.1) is 0 Å². The minimum Gasteiger partial charge on any atom is -0.458 e. The van der Waals surface area contributed by atoms with Crippen molar-refractivity contribution in [1.29, 1.82) is 0 Å². The highest BCUT2D eigenvalue weighted by molar-refractivity contribution is 6.77. The molecule has 0 rings (SSSR count). The summed E-state index contributed by atoms with van der Waals surface area (Å²) in [5.74, 6) is 0.813. The summed E-state index contributed by atoms with van der Waals surface area (Å²) in [7, 11) is -2.05. The van der Waals surface area contributed by atoms with Crippen LogP contribution in [-0.2, 0) is 4.12 Å². The molecule has 3 heteroatoms. The number of rotatable bonds is 4. The molecule has 0 aliphatic heterocycles. The Kier molecular flexibility index (Phi) is 4.59. The van der Waals surface area contributed by atoms with E-state index in [1.165, 1.54) is 6.04 Å². The Hall–Kier alpha value is 0.394. The SMILES string of the molecule is CC(C)C[SiH](C)O[Si](C)(C)C. The van der Waals surface area contributed by atoms with Crippen molar-refractivity contribution in [2.45, 2.75) is 46.1 Å². The van der Waals surface area contributed by atoms with Gasteiger partial charge in [0.25, 0.3) is 0 Å². The largest absolute Gasteiger partial charge is 0.458 e. The lowest BCUT2D eigenvalue weighted by atomic mass is 10.3. The molecular weight excluding hydrogens is 168 g/mol. The zero-order chi connectivity index (χ0) is 9.07. The molecule has 0 aromatic carbocycles. The molecule has 0 spiro atoms. The molecule has 0 aliphatic carbocycles. The van der Waals surface area contributed by atoms with Crippen LogP contribution < -0.4 is 0 Å². The van der Waals surface area contributed by atoms with Gasteiger partial charge in [0, 0.05) is 0 Å². The first-order valence-corrected chi connectivity index (χ1v) is 10.3. The highest BCUT2D eigenvalue weighted by Gasteiger charge is 2.18. The minimum absolute atomic E-state index is 0.813. The van der Waals surface area contributed by atoms with Crippen molar-refractivity contribution in [3.05, 3.63) is 0 Å². The first-order chi connectivity index (χ1) is 4.81.